The van der Waals surface area contributed by atoms with Crippen molar-refractivity contribution in [1.29, 1.82) is 5.26 Å². The topological polar surface area (TPSA) is 138 Å². The number of carbonyl (C=O) groups is 1. The molecule has 9 nitrogen and oxygen atoms in total. The van der Waals surface area contributed by atoms with Crippen LogP contribution >= 0.6 is 23.2 Å². The Bertz CT molecular complexity index is 1600. The number of aliphatic hydroxyl groups is 1. The van der Waals surface area contributed by atoms with Crippen LogP contribution in [0.25, 0.3) is 0 Å². The second-order valence-corrected chi connectivity index (χ2v) is 14.4. The van der Waals surface area contributed by atoms with E-state index in [0.717, 1.165) is 6.07 Å². The van der Waals surface area contributed by atoms with Gasteiger partial charge in [-0.2, -0.15) is 10.4 Å². The number of ether oxygens (including phenoxy) is 1. The molecule has 0 saturated carbocycles. The molecule has 1 saturated heterocycles. The summed E-state index contributed by atoms with van der Waals surface area (Å²) in [6.45, 7) is 9.96. The fraction of sp³-hybridized carbons (Fsp3) is 0.485. The van der Waals surface area contributed by atoms with Crippen molar-refractivity contribution in [2.45, 2.75) is 82.7 Å². The summed E-state index contributed by atoms with van der Waals surface area (Å²) in [5.74, 6) is -3.14. The molecule has 248 valence electrons. The molecule has 0 radical (unpaired) electrons. The van der Waals surface area contributed by atoms with Crippen LogP contribution in [0.4, 0.5) is 14.6 Å². The van der Waals surface area contributed by atoms with Crippen LogP contribution in [0.2, 0.25) is 10.0 Å². The summed E-state index contributed by atoms with van der Waals surface area (Å²) in [5, 5.41) is 31.2. The summed E-state index contributed by atoms with van der Waals surface area (Å²) in [6, 6.07) is 10.3. The summed E-state index contributed by atoms with van der Waals surface area (Å²) in [5.41, 5.74) is 2.61. The summed E-state index contributed by atoms with van der Waals surface area (Å²) in [7, 11) is 0. The van der Waals surface area contributed by atoms with Crippen LogP contribution in [0.5, 0.6) is 0 Å². The molecule has 1 fully saturated rings. The zero-order valence-electron chi connectivity index (χ0n) is 26.5. The molecule has 4 unspecified atom stereocenters. The Morgan fingerprint density at radius 2 is 1.96 bits per heavy atom. The number of nitrogens with zero attached hydrogens (tertiary/aromatic N) is 3. The number of aliphatic hydroxyl groups excluding tert-OH is 1. The number of nitrogens with two attached hydrogens (primary N) is 1. The maximum absolute atomic E-state index is 15.9. The Balaban J connectivity index is 1.76. The molecule has 5 N–H and O–H groups in total. The van der Waals surface area contributed by atoms with Crippen LogP contribution in [0.1, 0.15) is 58.1 Å². The summed E-state index contributed by atoms with van der Waals surface area (Å²) in [6.07, 6.45) is 1.20. The Hall–Kier alpha value is -3.11. The summed E-state index contributed by atoms with van der Waals surface area (Å²) >= 11 is 12.3. The van der Waals surface area contributed by atoms with Crippen LogP contribution in [-0.2, 0) is 21.5 Å². The number of nitriles is 1. The third-order valence-corrected chi connectivity index (χ3v) is 8.63. The summed E-state index contributed by atoms with van der Waals surface area (Å²) in [4.78, 5) is 14.1. The minimum absolute atomic E-state index is 0.00319. The molecule has 5 atom stereocenters. The van der Waals surface area contributed by atoms with Gasteiger partial charge in [0.2, 0.25) is 5.91 Å². The third-order valence-electron chi connectivity index (χ3n) is 8.10. The average Bonchev–Trinajstić information content (AvgIpc) is 3.53. The van der Waals surface area contributed by atoms with E-state index in [1.807, 2.05) is 34.6 Å². The van der Waals surface area contributed by atoms with E-state index in [4.69, 9.17) is 33.7 Å². The number of halogens is 4. The Morgan fingerprint density at radius 1 is 1.24 bits per heavy atom. The lowest BCUT2D eigenvalue weighted by Gasteiger charge is -2.37. The maximum Gasteiger partial charge on any atom is 0.243 e. The highest BCUT2D eigenvalue weighted by Gasteiger charge is 2.61. The lowest BCUT2D eigenvalue weighted by Crippen LogP contribution is -2.45. The molecule has 1 amide bonds. The fourth-order valence-electron chi connectivity index (χ4n) is 6.10. The van der Waals surface area contributed by atoms with Gasteiger partial charge in [-0.05, 0) is 49.4 Å². The van der Waals surface area contributed by atoms with Crippen LogP contribution in [0.3, 0.4) is 0 Å². The van der Waals surface area contributed by atoms with Gasteiger partial charge in [0, 0.05) is 41.4 Å². The molecule has 3 aromatic rings. The largest absolute Gasteiger partial charge is 0.389 e. The predicted octanol–water partition coefficient (Wildman–Crippen LogP) is 5.54. The van der Waals surface area contributed by atoms with Gasteiger partial charge in [0.1, 0.15) is 17.0 Å². The van der Waals surface area contributed by atoms with E-state index in [-0.39, 0.29) is 45.6 Å². The number of nitrogens with one attached hydrogen (secondary N) is 2. The highest BCUT2D eigenvalue weighted by Crippen LogP contribution is 2.52. The fourth-order valence-corrected chi connectivity index (χ4v) is 6.44. The predicted molar refractivity (Wildman–Crippen MR) is 174 cm³/mol. The number of carbonyl (C=O) groups excluding carboxylic acids is 1. The number of benzene rings is 2. The van der Waals surface area contributed by atoms with Gasteiger partial charge in [-0.25, -0.2) is 8.78 Å². The number of hydrogen-bond donors (Lipinski definition) is 4. The van der Waals surface area contributed by atoms with Crippen LogP contribution in [-0.4, -0.2) is 57.7 Å². The summed E-state index contributed by atoms with van der Waals surface area (Å²) < 4.78 is 39.0. The molecule has 4 rings (SSSR count). The van der Waals surface area contributed by atoms with Gasteiger partial charge in [0.05, 0.1) is 42.0 Å². The zero-order chi connectivity index (χ0) is 34.0. The van der Waals surface area contributed by atoms with Crippen molar-refractivity contribution in [3.05, 3.63) is 81.5 Å². The van der Waals surface area contributed by atoms with E-state index in [0.29, 0.717) is 13.0 Å². The SMILES string of the molecule is CC(C)(C)CC1NC(C(=O)Nc2ccn(CC(C)(C)OC[C@@H](O)CN)n2)C(c2cccc(Cl)c2F)C1(C#N)c1ccc(Cl)cc1F. The minimum atomic E-state index is -1.75. The van der Waals surface area contributed by atoms with Crippen molar-refractivity contribution in [2.24, 2.45) is 11.1 Å². The Kier molecular flexibility index (Phi) is 10.8. The molecule has 1 aliphatic rings. The zero-order valence-corrected chi connectivity index (χ0v) is 28.0. The van der Waals surface area contributed by atoms with Gasteiger partial charge in [0.25, 0.3) is 0 Å². The van der Waals surface area contributed by atoms with Crippen LogP contribution in [0.15, 0.2) is 48.7 Å². The van der Waals surface area contributed by atoms with Crippen molar-refractivity contribution in [2.75, 3.05) is 18.5 Å². The maximum atomic E-state index is 15.9. The average molecular weight is 678 g/mol. The molecule has 1 aromatic heterocycles. The minimum Gasteiger partial charge on any atom is -0.389 e. The smallest absolute Gasteiger partial charge is 0.243 e. The first-order chi connectivity index (χ1) is 21.5. The van der Waals surface area contributed by atoms with E-state index in [9.17, 15) is 15.2 Å². The molecule has 0 bridgehead atoms. The number of aromatic nitrogens is 2. The van der Waals surface area contributed by atoms with Crippen molar-refractivity contribution < 1.29 is 23.4 Å². The molecule has 0 spiro atoms. The highest BCUT2D eigenvalue weighted by atomic mass is 35.5. The number of amides is 1. The number of rotatable bonds is 11. The van der Waals surface area contributed by atoms with Crippen LogP contribution < -0.4 is 16.4 Å². The van der Waals surface area contributed by atoms with E-state index in [1.54, 1.807) is 16.9 Å². The third kappa shape index (κ3) is 7.71. The lowest BCUT2D eigenvalue weighted by atomic mass is 9.62. The second kappa shape index (κ2) is 13.9. The Labute approximate surface area is 278 Å². The molecular formula is C33H40Cl2F2N6O3. The first-order valence-electron chi connectivity index (χ1n) is 14.9. The van der Waals surface area contributed by atoms with E-state index >= 15 is 8.78 Å². The molecule has 2 aromatic carbocycles. The van der Waals surface area contributed by atoms with Gasteiger partial charge >= 0.3 is 0 Å². The van der Waals surface area contributed by atoms with Crippen LogP contribution in [0, 0.1) is 28.4 Å². The molecular weight excluding hydrogens is 637 g/mol. The van der Waals surface area contributed by atoms with E-state index < -0.39 is 52.7 Å². The van der Waals surface area contributed by atoms with Crippen molar-refractivity contribution in [3.63, 3.8) is 0 Å². The highest BCUT2D eigenvalue weighted by molar-refractivity contribution is 6.31. The monoisotopic (exact) mass is 676 g/mol. The quantitative estimate of drug-likeness (QED) is 0.209. The Morgan fingerprint density at radius 3 is 2.59 bits per heavy atom. The number of anilines is 1. The molecule has 0 aliphatic carbocycles. The van der Waals surface area contributed by atoms with Crippen molar-refractivity contribution in [1.82, 2.24) is 15.1 Å². The first-order valence-corrected chi connectivity index (χ1v) is 15.7. The van der Waals surface area contributed by atoms with Crippen molar-refractivity contribution >= 4 is 34.9 Å². The second-order valence-electron chi connectivity index (χ2n) is 13.5. The van der Waals surface area contributed by atoms with Gasteiger partial charge in [-0.1, -0.05) is 62.2 Å². The first kappa shape index (κ1) is 35.7. The standard InChI is InChI=1S/C33H40Cl2F2N6O3/c1-31(2,3)14-25-33(17-39,22-10-9-19(34)13-24(22)36)27(21-7-6-8-23(35)28(21)37)29(40-25)30(45)41-26-11-12-43(42-26)18-32(4,5)46-16-20(44)15-38/h6-13,20,25,27,29,40,44H,14-16,18,38H2,1-5H3,(H,41,42,45)/t20-,25?,27?,29?,33?/m0/s1. The van der Waals surface area contributed by atoms with Crippen molar-refractivity contribution in [3.8, 4) is 6.07 Å². The molecule has 1 aliphatic heterocycles. The molecule has 13 heteroatoms. The lowest BCUT2D eigenvalue weighted by molar-refractivity contribution is -0.118. The van der Waals surface area contributed by atoms with Gasteiger partial charge in [-0.15, -0.1) is 0 Å². The molecule has 2 heterocycles. The van der Waals surface area contributed by atoms with E-state index in [1.165, 1.54) is 30.3 Å². The molecule has 46 heavy (non-hydrogen) atoms. The van der Waals surface area contributed by atoms with Gasteiger partial charge < -0.3 is 26.2 Å². The normalized spacial score (nSPS) is 22.4. The van der Waals surface area contributed by atoms with Gasteiger partial charge in [0.15, 0.2) is 5.82 Å². The number of hydrogen-bond acceptors (Lipinski definition) is 7. The van der Waals surface area contributed by atoms with E-state index in [2.05, 4.69) is 21.8 Å². The van der Waals surface area contributed by atoms with Gasteiger partial charge in [-0.3, -0.25) is 9.48 Å².